The van der Waals surface area contributed by atoms with Crippen molar-refractivity contribution in [3.05, 3.63) is 75.9 Å². The zero-order valence-electron chi connectivity index (χ0n) is 16.0. The number of amides is 2. The molecule has 2 amide bonds. The second-order valence-electron chi connectivity index (χ2n) is 6.89. The largest absolute Gasteiger partial charge is 0.323 e. The van der Waals surface area contributed by atoms with Crippen molar-refractivity contribution in [1.82, 2.24) is 19.9 Å². The highest BCUT2D eigenvalue weighted by atomic mass is 19.3. The van der Waals surface area contributed by atoms with Gasteiger partial charge in [0.05, 0.1) is 17.0 Å². The van der Waals surface area contributed by atoms with Crippen LogP contribution in [0, 0.1) is 10.1 Å². The molecule has 3 aromatic heterocycles. The predicted molar refractivity (Wildman–Crippen MR) is 106 cm³/mol. The van der Waals surface area contributed by atoms with Crippen LogP contribution in [0.3, 0.4) is 0 Å². The zero-order chi connectivity index (χ0) is 22.0. The van der Waals surface area contributed by atoms with Gasteiger partial charge in [-0.15, -0.1) is 0 Å². The standard InChI is InChI=1S/C20H16F2N6O3/c21-18(22)7-15-6-13-10-27(11-14(13)9-24-15)20(29)26-19-17(28(30)31)4-3-16(25-19)12-2-1-5-23-8-12/h1-6,8-9,18H,7,10-11H2,(H,25,26,29). The van der Waals surface area contributed by atoms with Gasteiger partial charge in [-0.25, -0.2) is 18.6 Å². The third-order valence-electron chi connectivity index (χ3n) is 4.77. The maximum atomic E-state index is 12.8. The van der Waals surface area contributed by atoms with Crippen LogP contribution in [0.2, 0.25) is 0 Å². The molecule has 158 valence electrons. The zero-order valence-corrected chi connectivity index (χ0v) is 16.0. The van der Waals surface area contributed by atoms with E-state index in [2.05, 4.69) is 20.3 Å². The quantitative estimate of drug-likeness (QED) is 0.490. The molecular formula is C20H16F2N6O3. The summed E-state index contributed by atoms with van der Waals surface area (Å²) in [6.45, 7) is 0.384. The summed E-state index contributed by atoms with van der Waals surface area (Å²) in [5.41, 5.74) is 2.40. The Kier molecular flexibility index (Phi) is 5.48. The van der Waals surface area contributed by atoms with E-state index < -0.39 is 23.8 Å². The minimum Gasteiger partial charge on any atom is -0.316 e. The number of carbonyl (C=O) groups is 1. The molecular weight excluding hydrogens is 410 g/mol. The molecule has 1 aliphatic heterocycles. The summed E-state index contributed by atoms with van der Waals surface area (Å²) in [5.74, 6) is -0.191. The molecule has 31 heavy (non-hydrogen) atoms. The second kappa shape index (κ2) is 8.38. The number of aromatic nitrogens is 3. The molecule has 0 saturated carbocycles. The lowest BCUT2D eigenvalue weighted by molar-refractivity contribution is -0.384. The molecule has 0 aromatic carbocycles. The van der Waals surface area contributed by atoms with E-state index in [0.717, 1.165) is 5.56 Å². The molecule has 1 aliphatic rings. The van der Waals surface area contributed by atoms with Crippen LogP contribution < -0.4 is 5.32 Å². The predicted octanol–water partition coefficient (Wildman–Crippen LogP) is 3.80. The van der Waals surface area contributed by atoms with Crippen LogP contribution in [0.25, 0.3) is 11.3 Å². The number of hydrogen-bond acceptors (Lipinski definition) is 6. The SMILES string of the molecule is O=C(Nc1nc(-c2cccnc2)ccc1[N+](=O)[O-])N1Cc2cnc(CC(F)F)cc2C1. The Bertz CT molecular complexity index is 1140. The molecule has 4 heterocycles. The summed E-state index contributed by atoms with van der Waals surface area (Å²) in [6, 6.07) is 7.16. The average Bonchev–Trinajstić information content (AvgIpc) is 3.17. The van der Waals surface area contributed by atoms with Gasteiger partial charge in [-0.05, 0) is 35.4 Å². The summed E-state index contributed by atoms with van der Waals surface area (Å²) in [4.78, 5) is 37.2. The van der Waals surface area contributed by atoms with Gasteiger partial charge < -0.3 is 4.90 Å². The van der Waals surface area contributed by atoms with Crippen LogP contribution in [-0.4, -0.2) is 37.2 Å². The Morgan fingerprint density at radius 2 is 2.03 bits per heavy atom. The van der Waals surface area contributed by atoms with Gasteiger partial charge in [-0.3, -0.25) is 25.4 Å². The number of nitro groups is 1. The molecule has 0 fully saturated rings. The van der Waals surface area contributed by atoms with E-state index in [0.29, 0.717) is 16.8 Å². The smallest absolute Gasteiger partial charge is 0.316 e. The fraction of sp³-hybridized carbons (Fsp3) is 0.200. The molecule has 0 radical (unpaired) electrons. The molecule has 9 nitrogen and oxygen atoms in total. The number of halogens is 2. The molecule has 3 aromatic rings. The van der Waals surface area contributed by atoms with Crippen molar-refractivity contribution >= 4 is 17.5 Å². The molecule has 0 unspecified atom stereocenters. The molecule has 11 heteroatoms. The molecule has 0 saturated heterocycles. The first-order valence-corrected chi connectivity index (χ1v) is 9.27. The van der Waals surface area contributed by atoms with Gasteiger partial charge in [0, 0.05) is 49.0 Å². The van der Waals surface area contributed by atoms with Crippen LogP contribution in [0.5, 0.6) is 0 Å². The van der Waals surface area contributed by atoms with Crippen LogP contribution in [-0.2, 0) is 19.5 Å². The second-order valence-corrected chi connectivity index (χ2v) is 6.89. The van der Waals surface area contributed by atoms with E-state index in [4.69, 9.17) is 0 Å². The Hall–Kier alpha value is -4.02. The average molecular weight is 426 g/mol. The van der Waals surface area contributed by atoms with Crippen molar-refractivity contribution in [3.63, 3.8) is 0 Å². The molecule has 1 N–H and O–H groups in total. The highest BCUT2D eigenvalue weighted by Gasteiger charge is 2.27. The Labute approximate surface area is 174 Å². The fourth-order valence-corrected chi connectivity index (χ4v) is 3.29. The van der Waals surface area contributed by atoms with Crippen LogP contribution >= 0.6 is 0 Å². The maximum absolute atomic E-state index is 12.8. The van der Waals surface area contributed by atoms with Crippen LogP contribution in [0.15, 0.2) is 48.9 Å². The first-order chi connectivity index (χ1) is 14.9. The number of alkyl halides is 2. The number of nitrogens with zero attached hydrogens (tertiary/aromatic N) is 5. The van der Waals surface area contributed by atoms with E-state index in [9.17, 15) is 23.7 Å². The van der Waals surface area contributed by atoms with Crippen molar-refractivity contribution in [2.75, 3.05) is 5.32 Å². The number of carbonyl (C=O) groups excluding carboxylic acids is 1. The highest BCUT2D eigenvalue weighted by Crippen LogP contribution is 2.28. The van der Waals surface area contributed by atoms with Gasteiger partial charge in [-0.1, -0.05) is 0 Å². The number of fused-ring (bicyclic) bond motifs is 1. The fourth-order valence-electron chi connectivity index (χ4n) is 3.29. The van der Waals surface area contributed by atoms with Crippen LogP contribution in [0.1, 0.15) is 16.8 Å². The first kappa shape index (κ1) is 20.3. The number of hydrogen-bond donors (Lipinski definition) is 1. The molecule has 0 bridgehead atoms. The van der Waals surface area contributed by atoms with Gasteiger partial charge in [0.1, 0.15) is 0 Å². The van der Waals surface area contributed by atoms with Crippen molar-refractivity contribution < 1.29 is 18.5 Å². The maximum Gasteiger partial charge on any atom is 0.323 e. The summed E-state index contributed by atoms with van der Waals surface area (Å²) < 4.78 is 25.2. The van der Waals surface area contributed by atoms with E-state index in [1.54, 1.807) is 30.6 Å². The number of nitrogens with one attached hydrogen (secondary N) is 1. The van der Waals surface area contributed by atoms with E-state index in [1.807, 2.05) is 0 Å². The lowest BCUT2D eigenvalue weighted by Crippen LogP contribution is -2.30. The van der Waals surface area contributed by atoms with Gasteiger partial charge in [0.15, 0.2) is 0 Å². The van der Waals surface area contributed by atoms with Gasteiger partial charge in [-0.2, -0.15) is 0 Å². The lowest BCUT2D eigenvalue weighted by Gasteiger charge is -2.16. The minimum atomic E-state index is -2.51. The van der Waals surface area contributed by atoms with E-state index in [1.165, 1.54) is 23.2 Å². The third kappa shape index (κ3) is 4.44. The molecule has 0 spiro atoms. The summed E-state index contributed by atoms with van der Waals surface area (Å²) in [6.07, 6.45) is 1.65. The number of rotatable bonds is 5. The van der Waals surface area contributed by atoms with Crippen molar-refractivity contribution in [2.45, 2.75) is 25.9 Å². The van der Waals surface area contributed by atoms with Gasteiger partial charge in [0.2, 0.25) is 12.2 Å². The third-order valence-corrected chi connectivity index (χ3v) is 4.77. The number of anilines is 1. The molecule has 0 atom stereocenters. The van der Waals surface area contributed by atoms with Crippen molar-refractivity contribution in [1.29, 1.82) is 0 Å². The summed E-state index contributed by atoms with van der Waals surface area (Å²) >= 11 is 0. The van der Waals surface area contributed by atoms with Gasteiger partial charge in [0.25, 0.3) is 0 Å². The summed E-state index contributed by atoms with van der Waals surface area (Å²) in [5, 5.41) is 13.9. The van der Waals surface area contributed by atoms with Gasteiger partial charge >= 0.3 is 11.7 Å². The minimum absolute atomic E-state index is 0.177. The Balaban J connectivity index is 1.54. The molecule has 0 aliphatic carbocycles. The Morgan fingerprint density at radius 3 is 2.74 bits per heavy atom. The van der Waals surface area contributed by atoms with Crippen molar-refractivity contribution in [2.24, 2.45) is 0 Å². The topological polar surface area (TPSA) is 114 Å². The molecule has 4 rings (SSSR count). The lowest BCUT2D eigenvalue weighted by atomic mass is 10.1. The van der Waals surface area contributed by atoms with E-state index >= 15 is 0 Å². The Morgan fingerprint density at radius 1 is 1.23 bits per heavy atom. The first-order valence-electron chi connectivity index (χ1n) is 9.27. The number of pyridine rings is 3. The normalized spacial score (nSPS) is 12.7. The van der Waals surface area contributed by atoms with Crippen molar-refractivity contribution in [3.8, 4) is 11.3 Å². The summed E-state index contributed by atoms with van der Waals surface area (Å²) in [7, 11) is 0. The van der Waals surface area contributed by atoms with Crippen LogP contribution in [0.4, 0.5) is 25.1 Å². The number of urea groups is 1. The highest BCUT2D eigenvalue weighted by molar-refractivity contribution is 5.91. The van der Waals surface area contributed by atoms with E-state index in [-0.39, 0.29) is 30.3 Å². The monoisotopic (exact) mass is 426 g/mol.